The van der Waals surface area contributed by atoms with Crippen molar-refractivity contribution < 1.29 is 19.1 Å². The summed E-state index contributed by atoms with van der Waals surface area (Å²) >= 11 is 0. The van der Waals surface area contributed by atoms with Crippen molar-refractivity contribution in [2.75, 3.05) is 0 Å². The van der Waals surface area contributed by atoms with Crippen LogP contribution in [0.5, 0.6) is 0 Å². The topological polar surface area (TPSA) is 76.4 Å². The number of rotatable bonds is 4. The van der Waals surface area contributed by atoms with Gasteiger partial charge in [-0.2, -0.15) is 0 Å². The number of aromatic nitrogens is 1. The first-order chi connectivity index (χ1) is 11.5. The van der Waals surface area contributed by atoms with Gasteiger partial charge in [-0.05, 0) is 18.2 Å². The number of fused-ring (bicyclic) bond motifs is 1. The van der Waals surface area contributed by atoms with Gasteiger partial charge in [-0.1, -0.05) is 30.3 Å². The molecule has 6 heteroatoms. The molecule has 3 aromatic rings. The third kappa shape index (κ3) is 2.81. The molecule has 0 aliphatic rings. The monoisotopic (exact) mass is 325 g/mol. The van der Waals surface area contributed by atoms with Crippen LogP contribution in [0.1, 0.15) is 20.7 Å². The lowest BCUT2D eigenvalue weighted by molar-refractivity contribution is 0.0696. The normalized spacial score (nSPS) is 10.7. The number of ketones is 1. The van der Waals surface area contributed by atoms with E-state index in [0.717, 1.165) is 10.6 Å². The summed E-state index contributed by atoms with van der Waals surface area (Å²) in [7, 11) is 0. The van der Waals surface area contributed by atoms with Crippen molar-refractivity contribution in [1.82, 2.24) is 4.57 Å². The van der Waals surface area contributed by atoms with Crippen LogP contribution in [-0.2, 0) is 6.54 Å². The average molecular weight is 325 g/mol. The second-order valence-electron chi connectivity index (χ2n) is 5.25. The lowest BCUT2D eigenvalue weighted by Crippen LogP contribution is -2.24. The van der Waals surface area contributed by atoms with Crippen LogP contribution in [-0.4, -0.2) is 21.4 Å². The molecule has 5 nitrogen and oxygen atoms in total. The van der Waals surface area contributed by atoms with Crippen LogP contribution in [0.2, 0.25) is 0 Å². The highest BCUT2D eigenvalue weighted by Gasteiger charge is 2.15. The molecule has 0 radical (unpaired) electrons. The molecule has 24 heavy (non-hydrogen) atoms. The first kappa shape index (κ1) is 15.6. The predicted molar refractivity (Wildman–Crippen MR) is 85.9 cm³/mol. The van der Waals surface area contributed by atoms with Crippen molar-refractivity contribution in [3.8, 4) is 0 Å². The van der Waals surface area contributed by atoms with Gasteiger partial charge >= 0.3 is 5.97 Å². The van der Waals surface area contributed by atoms with Crippen molar-refractivity contribution in [3.05, 3.63) is 81.9 Å². The highest BCUT2D eigenvalue weighted by Crippen LogP contribution is 2.19. The van der Waals surface area contributed by atoms with Gasteiger partial charge in [-0.3, -0.25) is 14.2 Å². The predicted octanol–water partition coefficient (Wildman–Crippen LogP) is 2.72. The highest BCUT2D eigenvalue weighted by molar-refractivity contribution is 5.97. The summed E-state index contributed by atoms with van der Waals surface area (Å²) in [6.07, 6.45) is 0. The largest absolute Gasteiger partial charge is 0.478 e. The molecule has 120 valence electrons. The Kier molecular flexibility index (Phi) is 3.95. The lowest BCUT2D eigenvalue weighted by atomic mass is 10.1. The van der Waals surface area contributed by atoms with E-state index in [1.54, 1.807) is 30.3 Å². The number of Topliss-reactive ketones (excluding diaryl/α,β-unsaturated/α-hetero) is 1. The fraction of sp³-hybridized carbons (Fsp3) is 0.0556. The quantitative estimate of drug-likeness (QED) is 0.748. The van der Waals surface area contributed by atoms with Crippen LogP contribution >= 0.6 is 0 Å². The molecule has 0 atom stereocenters. The first-order valence-corrected chi connectivity index (χ1v) is 7.12. The third-order valence-electron chi connectivity index (χ3n) is 3.68. The van der Waals surface area contributed by atoms with E-state index in [2.05, 4.69) is 0 Å². The van der Waals surface area contributed by atoms with E-state index in [0.29, 0.717) is 5.56 Å². The van der Waals surface area contributed by atoms with Crippen LogP contribution in [0.3, 0.4) is 0 Å². The van der Waals surface area contributed by atoms with Gasteiger partial charge in [0, 0.05) is 17.0 Å². The Hall–Kier alpha value is -3.28. The van der Waals surface area contributed by atoms with Crippen LogP contribution in [0.25, 0.3) is 10.9 Å². The third-order valence-corrected chi connectivity index (χ3v) is 3.68. The van der Waals surface area contributed by atoms with Gasteiger partial charge in [0.1, 0.15) is 5.82 Å². The van der Waals surface area contributed by atoms with Crippen molar-refractivity contribution in [2.45, 2.75) is 6.54 Å². The summed E-state index contributed by atoms with van der Waals surface area (Å²) in [5.41, 5.74) is -0.436. The molecule has 0 spiro atoms. The number of carboxylic acids is 1. The lowest BCUT2D eigenvalue weighted by Gasteiger charge is -2.11. The van der Waals surface area contributed by atoms with E-state index in [-0.39, 0.29) is 28.8 Å². The number of halogens is 1. The zero-order valence-corrected chi connectivity index (χ0v) is 12.4. The molecule has 0 aliphatic heterocycles. The number of carbonyl (C=O) groups excluding carboxylic acids is 1. The smallest absolute Gasteiger partial charge is 0.335 e. The fourth-order valence-electron chi connectivity index (χ4n) is 2.53. The minimum Gasteiger partial charge on any atom is -0.478 e. The van der Waals surface area contributed by atoms with E-state index in [1.165, 1.54) is 18.2 Å². The standard InChI is InChI=1S/C18H12FNO4/c19-14-9-13(18(23)24)8-12-6-7-16(22)20(17(12)14)10-15(21)11-4-2-1-3-5-11/h1-9H,10H2,(H,23,24). The van der Waals surface area contributed by atoms with Crippen LogP contribution in [0.15, 0.2) is 59.4 Å². The summed E-state index contributed by atoms with van der Waals surface area (Å²) in [6.45, 7) is -0.330. The number of benzene rings is 2. The Balaban J connectivity index is 2.14. The van der Waals surface area contributed by atoms with Crippen LogP contribution in [0, 0.1) is 5.82 Å². The summed E-state index contributed by atoms with van der Waals surface area (Å²) in [5, 5.41) is 9.24. The van der Waals surface area contributed by atoms with Crippen molar-refractivity contribution in [1.29, 1.82) is 0 Å². The number of carbonyl (C=O) groups is 2. The molecule has 1 aromatic heterocycles. The van der Waals surface area contributed by atoms with Crippen LogP contribution < -0.4 is 5.56 Å². The number of hydrogen-bond acceptors (Lipinski definition) is 3. The maximum atomic E-state index is 14.4. The van der Waals surface area contributed by atoms with Gasteiger partial charge in [-0.25, -0.2) is 9.18 Å². The Morgan fingerprint density at radius 1 is 1.00 bits per heavy atom. The minimum absolute atomic E-state index is 0.0863. The zero-order valence-electron chi connectivity index (χ0n) is 12.4. The fourth-order valence-corrected chi connectivity index (χ4v) is 2.53. The Morgan fingerprint density at radius 3 is 2.38 bits per heavy atom. The molecule has 0 aliphatic carbocycles. The molecule has 0 bridgehead atoms. The zero-order chi connectivity index (χ0) is 17.3. The van der Waals surface area contributed by atoms with E-state index < -0.39 is 17.3 Å². The van der Waals surface area contributed by atoms with Gasteiger partial charge in [0.25, 0.3) is 5.56 Å². The molecule has 0 saturated carbocycles. The molecular weight excluding hydrogens is 313 g/mol. The van der Waals surface area contributed by atoms with Gasteiger partial charge in [0.15, 0.2) is 5.78 Å². The second kappa shape index (κ2) is 6.08. The van der Waals surface area contributed by atoms with Crippen LogP contribution in [0.4, 0.5) is 4.39 Å². The first-order valence-electron chi connectivity index (χ1n) is 7.12. The van der Waals surface area contributed by atoms with Gasteiger partial charge < -0.3 is 5.11 Å². The SMILES string of the molecule is O=C(O)c1cc(F)c2c(ccc(=O)n2CC(=O)c2ccccc2)c1. The molecule has 1 heterocycles. The number of aromatic carboxylic acids is 1. The summed E-state index contributed by atoms with van der Waals surface area (Å²) in [4.78, 5) is 35.4. The average Bonchev–Trinajstić information content (AvgIpc) is 2.57. The maximum absolute atomic E-state index is 14.4. The van der Waals surface area contributed by atoms with Gasteiger partial charge in [-0.15, -0.1) is 0 Å². The number of hydrogen-bond donors (Lipinski definition) is 1. The molecule has 0 saturated heterocycles. The number of nitrogens with zero attached hydrogens (tertiary/aromatic N) is 1. The number of carboxylic acid groups (broad SMARTS) is 1. The Labute approximate surface area is 135 Å². The molecule has 0 fully saturated rings. The van der Waals surface area contributed by atoms with E-state index in [4.69, 9.17) is 5.11 Å². The molecule has 2 aromatic carbocycles. The number of pyridine rings is 1. The molecule has 0 amide bonds. The van der Waals surface area contributed by atoms with Crippen molar-refractivity contribution in [2.24, 2.45) is 0 Å². The second-order valence-corrected chi connectivity index (χ2v) is 5.25. The Bertz CT molecular complexity index is 1010. The molecule has 1 N–H and O–H groups in total. The molecule has 3 rings (SSSR count). The summed E-state index contributed by atoms with van der Waals surface area (Å²) in [5.74, 6) is -2.47. The highest BCUT2D eigenvalue weighted by atomic mass is 19.1. The van der Waals surface area contributed by atoms with E-state index in [1.807, 2.05) is 0 Å². The van der Waals surface area contributed by atoms with Crippen molar-refractivity contribution >= 4 is 22.7 Å². The van der Waals surface area contributed by atoms with Gasteiger partial charge in [0.05, 0.1) is 17.6 Å². The van der Waals surface area contributed by atoms with E-state index >= 15 is 0 Å². The van der Waals surface area contributed by atoms with Gasteiger partial charge in [0.2, 0.25) is 0 Å². The maximum Gasteiger partial charge on any atom is 0.335 e. The minimum atomic E-state index is -1.27. The summed E-state index contributed by atoms with van der Waals surface area (Å²) in [6, 6.07) is 13.0. The molecule has 0 unspecified atom stereocenters. The molecular formula is C18H12FNO4. The Morgan fingerprint density at radius 2 is 1.71 bits per heavy atom. The van der Waals surface area contributed by atoms with E-state index in [9.17, 15) is 18.8 Å². The van der Waals surface area contributed by atoms with Crippen molar-refractivity contribution in [3.63, 3.8) is 0 Å². The summed E-state index contributed by atoms with van der Waals surface area (Å²) < 4.78 is 15.4.